The van der Waals surface area contributed by atoms with E-state index in [4.69, 9.17) is 23.2 Å². The zero-order chi connectivity index (χ0) is 17.8. The first-order valence-corrected chi connectivity index (χ1v) is 8.86. The van der Waals surface area contributed by atoms with Crippen LogP contribution >= 0.6 is 23.2 Å². The highest BCUT2D eigenvalue weighted by Crippen LogP contribution is 2.19. The average Bonchev–Trinajstić information content (AvgIpc) is 2.84. The van der Waals surface area contributed by atoms with Gasteiger partial charge in [-0.2, -0.15) is 0 Å². The molecule has 1 amide bonds. The molecule has 4 nitrogen and oxygen atoms in total. The Morgan fingerprint density at radius 3 is 2.56 bits per heavy atom. The monoisotopic (exact) mass is 381 g/mol. The smallest absolute Gasteiger partial charge is 0.274 e. The Morgan fingerprint density at radius 2 is 1.80 bits per heavy atom. The summed E-state index contributed by atoms with van der Waals surface area (Å²) in [5.41, 5.74) is 1.25. The lowest BCUT2D eigenvalue weighted by Gasteiger charge is -2.22. The molecule has 7 heteroatoms. The third-order valence-corrected chi connectivity index (χ3v) is 4.73. The molecule has 132 valence electrons. The van der Waals surface area contributed by atoms with Gasteiger partial charge in [0.25, 0.3) is 5.91 Å². The van der Waals surface area contributed by atoms with Crippen LogP contribution in [0.5, 0.6) is 0 Å². The van der Waals surface area contributed by atoms with Crippen LogP contribution in [0.4, 0.5) is 4.39 Å². The minimum absolute atomic E-state index is 0.196. The van der Waals surface area contributed by atoms with E-state index in [-0.39, 0.29) is 22.6 Å². The molecule has 25 heavy (non-hydrogen) atoms. The predicted octanol–water partition coefficient (Wildman–Crippen LogP) is 3.88. The van der Waals surface area contributed by atoms with E-state index < -0.39 is 0 Å². The van der Waals surface area contributed by atoms with Crippen molar-refractivity contribution in [1.29, 1.82) is 0 Å². The normalized spacial score (nSPS) is 15.9. The molecule has 1 aromatic heterocycles. The summed E-state index contributed by atoms with van der Waals surface area (Å²) >= 11 is 12.0. The highest BCUT2D eigenvalue weighted by atomic mass is 35.5. The molecule has 1 aliphatic rings. The van der Waals surface area contributed by atoms with Gasteiger partial charge in [0.2, 0.25) is 0 Å². The molecule has 0 N–H and O–H groups in total. The Balaban J connectivity index is 1.64. The molecule has 1 aliphatic heterocycles. The van der Waals surface area contributed by atoms with Crippen molar-refractivity contribution in [3.05, 3.63) is 63.6 Å². The quantitative estimate of drug-likeness (QED) is 0.757. The minimum Gasteiger partial charge on any atom is -0.336 e. The van der Waals surface area contributed by atoms with Gasteiger partial charge in [-0.05, 0) is 36.2 Å². The number of hydrogen-bond donors (Lipinski definition) is 0. The molecule has 1 fully saturated rings. The van der Waals surface area contributed by atoms with E-state index >= 15 is 0 Å². The summed E-state index contributed by atoms with van der Waals surface area (Å²) in [6, 6.07) is 9.67. The minimum atomic E-state index is -0.234. The first-order chi connectivity index (χ1) is 12.0. The van der Waals surface area contributed by atoms with Crippen LogP contribution in [-0.4, -0.2) is 46.9 Å². The molecule has 0 spiro atoms. The van der Waals surface area contributed by atoms with Crippen LogP contribution in [-0.2, 0) is 6.54 Å². The molecule has 0 radical (unpaired) electrons. The van der Waals surface area contributed by atoms with Crippen molar-refractivity contribution in [2.75, 3.05) is 26.2 Å². The Kier molecular flexibility index (Phi) is 5.89. The van der Waals surface area contributed by atoms with Gasteiger partial charge in [0.15, 0.2) is 0 Å². The van der Waals surface area contributed by atoms with E-state index in [1.54, 1.807) is 29.2 Å². The average molecular weight is 382 g/mol. The molecule has 0 unspecified atom stereocenters. The third kappa shape index (κ3) is 4.69. The number of hydrogen-bond acceptors (Lipinski definition) is 3. The van der Waals surface area contributed by atoms with Gasteiger partial charge in [-0.1, -0.05) is 35.3 Å². The van der Waals surface area contributed by atoms with Crippen LogP contribution in [0.15, 0.2) is 36.4 Å². The number of carbonyl (C=O) groups is 1. The number of benzene rings is 1. The fraction of sp³-hybridized carbons (Fsp3) is 0.333. The van der Waals surface area contributed by atoms with E-state index in [1.165, 1.54) is 12.1 Å². The lowest BCUT2D eigenvalue weighted by Crippen LogP contribution is -2.35. The maximum atomic E-state index is 13.0. The molecule has 0 aliphatic carbocycles. The number of nitrogens with zero attached hydrogens (tertiary/aromatic N) is 3. The molecule has 2 heterocycles. The van der Waals surface area contributed by atoms with Gasteiger partial charge in [0.1, 0.15) is 16.7 Å². The van der Waals surface area contributed by atoms with Gasteiger partial charge in [-0.25, -0.2) is 9.37 Å². The number of amides is 1. The SMILES string of the molecule is O=C(c1nc(Cl)ccc1Cl)N1CCCN(Cc2ccc(F)cc2)CC1. The van der Waals surface area contributed by atoms with E-state index in [2.05, 4.69) is 9.88 Å². The summed E-state index contributed by atoms with van der Waals surface area (Å²) in [7, 11) is 0. The van der Waals surface area contributed by atoms with Crippen molar-refractivity contribution in [3.8, 4) is 0 Å². The van der Waals surface area contributed by atoms with E-state index in [1.807, 2.05) is 0 Å². The van der Waals surface area contributed by atoms with Crippen LogP contribution in [0.3, 0.4) is 0 Å². The largest absolute Gasteiger partial charge is 0.336 e. The summed E-state index contributed by atoms with van der Waals surface area (Å²) in [4.78, 5) is 20.8. The van der Waals surface area contributed by atoms with Gasteiger partial charge < -0.3 is 4.90 Å². The van der Waals surface area contributed by atoms with Crippen molar-refractivity contribution >= 4 is 29.1 Å². The second-order valence-electron chi connectivity index (χ2n) is 6.01. The van der Waals surface area contributed by atoms with Crippen molar-refractivity contribution < 1.29 is 9.18 Å². The lowest BCUT2D eigenvalue weighted by atomic mass is 10.2. The summed E-state index contributed by atoms with van der Waals surface area (Å²) < 4.78 is 13.0. The van der Waals surface area contributed by atoms with E-state index in [0.29, 0.717) is 18.1 Å². The van der Waals surface area contributed by atoms with Gasteiger partial charge in [0.05, 0.1) is 5.02 Å². The van der Waals surface area contributed by atoms with Gasteiger partial charge in [0, 0.05) is 32.7 Å². The molecule has 2 aromatic rings. The Hall–Kier alpha value is -1.69. The number of pyridine rings is 1. The van der Waals surface area contributed by atoms with Crippen LogP contribution in [0.25, 0.3) is 0 Å². The van der Waals surface area contributed by atoms with Crippen LogP contribution < -0.4 is 0 Å². The van der Waals surface area contributed by atoms with Gasteiger partial charge in [-0.15, -0.1) is 0 Å². The Morgan fingerprint density at radius 1 is 1.04 bits per heavy atom. The van der Waals surface area contributed by atoms with Crippen molar-refractivity contribution in [3.63, 3.8) is 0 Å². The second-order valence-corrected chi connectivity index (χ2v) is 6.81. The maximum absolute atomic E-state index is 13.0. The van der Waals surface area contributed by atoms with Gasteiger partial charge in [-0.3, -0.25) is 9.69 Å². The number of rotatable bonds is 3. The molecule has 0 atom stereocenters. The summed E-state index contributed by atoms with van der Waals surface area (Å²) in [6.45, 7) is 3.57. The molecular weight excluding hydrogens is 364 g/mol. The Bertz CT molecular complexity index is 754. The molecule has 0 saturated carbocycles. The number of halogens is 3. The first kappa shape index (κ1) is 18.1. The first-order valence-electron chi connectivity index (χ1n) is 8.11. The van der Waals surface area contributed by atoms with Crippen LogP contribution in [0.1, 0.15) is 22.5 Å². The molecule has 1 saturated heterocycles. The highest BCUT2D eigenvalue weighted by Gasteiger charge is 2.23. The zero-order valence-corrected chi connectivity index (χ0v) is 15.1. The third-order valence-electron chi connectivity index (χ3n) is 4.21. The maximum Gasteiger partial charge on any atom is 0.274 e. The summed E-state index contributed by atoms with van der Waals surface area (Å²) in [5, 5.41) is 0.558. The highest BCUT2D eigenvalue weighted by molar-refractivity contribution is 6.34. The topological polar surface area (TPSA) is 36.4 Å². The molecule has 0 bridgehead atoms. The van der Waals surface area contributed by atoms with Crippen molar-refractivity contribution in [2.24, 2.45) is 0 Å². The molecule has 3 rings (SSSR count). The van der Waals surface area contributed by atoms with E-state index in [9.17, 15) is 9.18 Å². The number of carbonyl (C=O) groups excluding carboxylic acids is 1. The second kappa shape index (κ2) is 8.13. The summed E-state index contributed by atoms with van der Waals surface area (Å²) in [5.74, 6) is -0.432. The lowest BCUT2D eigenvalue weighted by molar-refractivity contribution is 0.0755. The van der Waals surface area contributed by atoms with Crippen LogP contribution in [0.2, 0.25) is 10.2 Å². The van der Waals surface area contributed by atoms with Crippen molar-refractivity contribution in [1.82, 2.24) is 14.8 Å². The molecular formula is C18H18Cl2FN3O. The van der Waals surface area contributed by atoms with Crippen molar-refractivity contribution in [2.45, 2.75) is 13.0 Å². The standard InChI is InChI=1S/C18H18Cl2FN3O/c19-15-6-7-16(20)22-17(15)18(25)24-9-1-8-23(10-11-24)12-13-2-4-14(21)5-3-13/h2-7H,1,8-12H2. The van der Waals surface area contributed by atoms with Gasteiger partial charge >= 0.3 is 0 Å². The summed E-state index contributed by atoms with van der Waals surface area (Å²) in [6.07, 6.45) is 0.852. The fourth-order valence-electron chi connectivity index (χ4n) is 2.90. The Labute approximate surface area is 156 Å². The zero-order valence-electron chi connectivity index (χ0n) is 13.6. The molecule has 1 aromatic carbocycles. The number of aromatic nitrogens is 1. The predicted molar refractivity (Wildman–Crippen MR) is 96.5 cm³/mol. The van der Waals surface area contributed by atoms with E-state index in [0.717, 1.165) is 31.6 Å². The van der Waals surface area contributed by atoms with Crippen LogP contribution in [0, 0.1) is 5.82 Å². The fourth-order valence-corrected chi connectivity index (χ4v) is 3.23.